The SMILES string of the molecule is Cc1c(Oc2ccc(S(=O)(=O)C3CC3)cc2)ncnc1OC1CCN(C(=O)OC(C)(C)C)CC1.Cc1c(Oc2ccc(S(=O)(=O)C3CC3)cc2)ncnc1OC1CCN(S(=O)(=O)C2CC2)CC1.O=S(=O)(Cl)C1CC1. The quantitative estimate of drug-likeness (QED) is 0.103. The molecule has 6 fully saturated rings. The molecule has 6 aliphatic rings. The number of ether oxygens (including phenoxy) is 5. The van der Waals surface area contributed by atoms with Crippen LogP contribution < -0.4 is 18.9 Å². The number of likely N-dealkylation sites (tertiary alicyclic amines) is 1. The summed E-state index contributed by atoms with van der Waals surface area (Å²) in [5, 5.41) is -0.913. The average molecular weight is 1120 g/mol. The molecule has 0 unspecified atom stereocenters. The number of carbonyl (C=O) groups is 1. The highest BCUT2D eigenvalue weighted by Gasteiger charge is 2.42. The minimum Gasteiger partial charge on any atom is -0.474 e. The van der Waals surface area contributed by atoms with Gasteiger partial charge in [0.1, 0.15) is 42.0 Å². The Labute approximate surface area is 438 Å². The lowest BCUT2D eigenvalue weighted by atomic mass is 10.1. The van der Waals surface area contributed by atoms with Crippen LogP contribution in [0.15, 0.2) is 71.0 Å². The molecule has 74 heavy (non-hydrogen) atoms. The van der Waals surface area contributed by atoms with Crippen molar-refractivity contribution in [3.8, 4) is 35.0 Å². The van der Waals surface area contributed by atoms with E-state index in [1.54, 1.807) is 64.7 Å². The maximum absolute atomic E-state index is 12.4. The first-order valence-corrected chi connectivity index (χ1v) is 31.8. The Kier molecular flexibility index (Phi) is 16.7. The second-order valence-corrected chi connectivity index (χ2v) is 29.9. The summed E-state index contributed by atoms with van der Waals surface area (Å²) >= 11 is 0. The predicted molar refractivity (Wildman–Crippen MR) is 273 cm³/mol. The summed E-state index contributed by atoms with van der Waals surface area (Å²) in [4.78, 5) is 31.4. The molecule has 2 saturated heterocycles. The van der Waals surface area contributed by atoms with Crippen LogP contribution in [0.4, 0.5) is 4.79 Å². The highest BCUT2D eigenvalue weighted by molar-refractivity contribution is 8.14. The molecule has 25 heteroatoms. The standard InChI is InChI=1S/C24H31N3O6S.C22H27N3O6S2.C3H5ClO2S/c1-16-21(31-17-5-7-19(8-6-17)34(29,30)20-9-10-20)25-15-26-22(16)32-18-11-13-27(14-12-18)23(28)33-24(2,3)4;1-15-21(30-16-2-4-18(5-3-16)32(26,27)19-6-7-19)23-14-24-22(15)31-17-10-12-25(13-11-17)33(28,29)20-8-9-20;4-7(5,6)3-1-2-3/h5-8,15,18,20H,9-14H2,1-4H3;2-5,14,17,19-20H,6-13H2,1H3;3H,1-2H2. The molecule has 2 aliphatic heterocycles. The topological polar surface area (TPSA) is 258 Å². The zero-order valence-electron chi connectivity index (χ0n) is 42.0. The molecule has 4 saturated carbocycles. The van der Waals surface area contributed by atoms with Gasteiger partial charge in [-0.2, -0.15) is 0 Å². The first-order valence-electron chi connectivity index (χ1n) is 24.8. The normalized spacial score (nSPS) is 19.2. The molecular formula is C49H63ClN6O14S4. The van der Waals surface area contributed by atoms with Crippen LogP contribution in [0.5, 0.6) is 35.0 Å². The van der Waals surface area contributed by atoms with Crippen molar-refractivity contribution in [1.29, 1.82) is 0 Å². The van der Waals surface area contributed by atoms with E-state index in [1.165, 1.54) is 12.7 Å². The van der Waals surface area contributed by atoms with E-state index in [2.05, 4.69) is 19.9 Å². The van der Waals surface area contributed by atoms with Gasteiger partial charge in [-0.3, -0.25) is 0 Å². The fourth-order valence-electron chi connectivity index (χ4n) is 7.97. The summed E-state index contributed by atoms with van der Waals surface area (Å²) in [5.74, 6) is 2.44. The molecule has 2 aromatic heterocycles. The van der Waals surface area contributed by atoms with E-state index in [-0.39, 0.29) is 39.3 Å². The van der Waals surface area contributed by atoms with Gasteiger partial charge in [0.15, 0.2) is 19.7 Å². The van der Waals surface area contributed by atoms with E-state index >= 15 is 0 Å². The lowest BCUT2D eigenvalue weighted by molar-refractivity contribution is 0.0122. The number of piperidine rings is 2. The summed E-state index contributed by atoms with van der Waals surface area (Å²) in [5.41, 5.74) is 0.747. The van der Waals surface area contributed by atoms with Crippen molar-refractivity contribution in [2.45, 2.75) is 160 Å². The van der Waals surface area contributed by atoms with Crippen LogP contribution in [0.3, 0.4) is 0 Å². The van der Waals surface area contributed by atoms with Gasteiger partial charge in [-0.15, -0.1) is 0 Å². The monoisotopic (exact) mass is 1120 g/mol. The molecule has 20 nitrogen and oxygen atoms in total. The van der Waals surface area contributed by atoms with Crippen LogP contribution in [-0.4, -0.2) is 134 Å². The van der Waals surface area contributed by atoms with Crippen molar-refractivity contribution in [3.05, 3.63) is 72.3 Å². The van der Waals surface area contributed by atoms with Gasteiger partial charge in [-0.05, 0) is 147 Å². The highest BCUT2D eigenvalue weighted by Crippen LogP contribution is 2.38. The van der Waals surface area contributed by atoms with Crippen LogP contribution in [0, 0.1) is 13.8 Å². The number of carbonyl (C=O) groups excluding carboxylic acids is 1. The van der Waals surface area contributed by atoms with Crippen LogP contribution in [0.1, 0.15) is 109 Å². The number of sulfonamides is 1. The fraction of sp³-hybridized carbons (Fsp3) is 0.571. The molecule has 4 aromatic rings. The van der Waals surface area contributed by atoms with Crippen molar-refractivity contribution >= 4 is 55.5 Å². The van der Waals surface area contributed by atoms with Crippen molar-refractivity contribution in [1.82, 2.24) is 29.1 Å². The Bertz CT molecular complexity index is 3100. The number of sulfone groups is 2. The molecule has 4 heterocycles. The third-order valence-electron chi connectivity index (χ3n) is 12.9. The summed E-state index contributed by atoms with van der Waals surface area (Å²) in [6.45, 7) is 11.1. The first-order chi connectivity index (χ1) is 34.9. The van der Waals surface area contributed by atoms with Gasteiger partial charge < -0.3 is 28.6 Å². The van der Waals surface area contributed by atoms with Gasteiger partial charge in [0.25, 0.3) is 0 Å². The first kappa shape index (κ1) is 55.4. The average Bonchev–Trinajstić information content (AvgIpc) is 4.15. The summed E-state index contributed by atoms with van der Waals surface area (Å²) in [6.07, 6.45) is 10.7. The molecule has 4 aliphatic carbocycles. The predicted octanol–water partition coefficient (Wildman–Crippen LogP) is 7.86. The molecule has 1 amide bonds. The van der Waals surface area contributed by atoms with Gasteiger partial charge >= 0.3 is 6.09 Å². The third-order valence-corrected chi connectivity index (χ3v) is 21.9. The number of nitrogens with zero attached hydrogens (tertiary/aromatic N) is 6. The minimum atomic E-state index is -3.24. The Balaban J connectivity index is 0.000000174. The second-order valence-electron chi connectivity index (χ2n) is 20.3. The Morgan fingerprint density at radius 1 is 0.527 bits per heavy atom. The van der Waals surface area contributed by atoms with E-state index in [4.69, 9.17) is 34.4 Å². The number of rotatable bonds is 15. The van der Waals surface area contributed by atoms with Crippen molar-refractivity contribution in [2.75, 3.05) is 26.2 Å². The van der Waals surface area contributed by atoms with E-state index in [1.807, 2.05) is 27.7 Å². The third kappa shape index (κ3) is 14.5. The van der Waals surface area contributed by atoms with Crippen molar-refractivity contribution in [3.63, 3.8) is 0 Å². The van der Waals surface area contributed by atoms with E-state index in [0.29, 0.717) is 108 Å². The second kappa shape index (κ2) is 22.4. The fourth-order valence-corrected chi connectivity index (χ4v) is 14.4. The summed E-state index contributed by atoms with van der Waals surface area (Å²) < 4.78 is 126. The maximum Gasteiger partial charge on any atom is 0.410 e. The smallest absolute Gasteiger partial charge is 0.410 e. The molecule has 0 bridgehead atoms. The van der Waals surface area contributed by atoms with Gasteiger partial charge in [-0.25, -0.2) is 62.7 Å². The van der Waals surface area contributed by atoms with E-state index in [0.717, 1.165) is 51.4 Å². The number of benzene rings is 2. The summed E-state index contributed by atoms with van der Waals surface area (Å²) in [7, 11) is -7.89. The molecule has 0 spiro atoms. The van der Waals surface area contributed by atoms with Gasteiger partial charge in [0.2, 0.25) is 42.6 Å². The number of hydrogen-bond donors (Lipinski definition) is 0. The zero-order chi connectivity index (χ0) is 53.2. The molecule has 0 radical (unpaired) electrons. The Morgan fingerprint density at radius 2 is 0.892 bits per heavy atom. The van der Waals surface area contributed by atoms with Crippen molar-refractivity contribution < 1.29 is 62.2 Å². The molecule has 0 atom stereocenters. The van der Waals surface area contributed by atoms with Crippen LogP contribution in [-0.2, 0) is 43.5 Å². The Hall–Kier alpha value is -4.88. The highest BCUT2D eigenvalue weighted by atomic mass is 35.7. The molecule has 10 rings (SSSR count). The molecule has 2 aromatic carbocycles. The number of aromatic nitrogens is 4. The van der Waals surface area contributed by atoms with Gasteiger partial charge in [0, 0.05) is 49.7 Å². The number of amides is 1. The van der Waals surface area contributed by atoms with Gasteiger partial charge in [-0.1, -0.05) is 0 Å². The van der Waals surface area contributed by atoms with Crippen LogP contribution >= 0.6 is 10.7 Å². The zero-order valence-corrected chi connectivity index (χ0v) is 46.0. The molecular weight excluding hydrogens is 1060 g/mol. The molecule has 0 N–H and O–H groups in total. The summed E-state index contributed by atoms with van der Waals surface area (Å²) in [6, 6.07) is 12.7. The Morgan fingerprint density at radius 3 is 1.23 bits per heavy atom. The van der Waals surface area contributed by atoms with Gasteiger partial charge in [0.05, 0.1) is 41.9 Å². The maximum atomic E-state index is 12.4. The van der Waals surface area contributed by atoms with Crippen LogP contribution in [0.25, 0.3) is 0 Å². The number of halogens is 1. The van der Waals surface area contributed by atoms with E-state index in [9.17, 15) is 38.5 Å². The van der Waals surface area contributed by atoms with E-state index < -0.39 is 44.3 Å². The lowest BCUT2D eigenvalue weighted by Gasteiger charge is -2.33. The lowest BCUT2D eigenvalue weighted by Crippen LogP contribution is -2.44. The van der Waals surface area contributed by atoms with Crippen LogP contribution in [0.2, 0.25) is 0 Å². The van der Waals surface area contributed by atoms with Crippen molar-refractivity contribution in [2.24, 2.45) is 0 Å². The minimum absolute atomic E-state index is 0.0907. The molecule has 404 valence electrons. The number of hydrogen-bond acceptors (Lipinski definition) is 18. The largest absolute Gasteiger partial charge is 0.474 e.